The number of esters is 1. The molecule has 3 saturated heterocycles. The zero-order chi connectivity index (χ0) is 53.5. The van der Waals surface area contributed by atoms with Crippen LogP contribution in [0.3, 0.4) is 0 Å². The molecule has 5 heterocycles. The first-order valence-electron chi connectivity index (χ1n) is 24.9. The minimum Gasteiger partial charge on any atom is -0.493 e. The van der Waals surface area contributed by atoms with Gasteiger partial charge in [0.05, 0.1) is 56.6 Å². The molecule has 0 amide bonds. The van der Waals surface area contributed by atoms with Crippen molar-refractivity contribution in [1.29, 1.82) is 0 Å². The molecule has 0 spiro atoms. The molecule has 10 rings (SSSR count). The maximum atomic E-state index is 15.0. The summed E-state index contributed by atoms with van der Waals surface area (Å²) in [6.07, 6.45) is 6.55. The van der Waals surface area contributed by atoms with Gasteiger partial charge in [0.15, 0.2) is 0 Å². The van der Waals surface area contributed by atoms with Crippen molar-refractivity contribution in [2.75, 3.05) is 69.0 Å². The van der Waals surface area contributed by atoms with Gasteiger partial charge in [-0.1, -0.05) is 29.8 Å². The molecule has 0 radical (unpaired) electrons. The normalized spacial score (nSPS) is 20.6. The number of carbonyl (C=O) groups excluding carboxylic acids is 1. The molecule has 16 nitrogen and oxygen atoms in total. The second kappa shape index (κ2) is 23.4. The van der Waals surface area contributed by atoms with E-state index in [9.17, 15) is 30.8 Å². The van der Waals surface area contributed by atoms with E-state index in [0.29, 0.717) is 37.4 Å². The number of nitrogens with zero attached hydrogens (tertiary/aromatic N) is 8. The van der Waals surface area contributed by atoms with Crippen LogP contribution in [0.25, 0.3) is 0 Å². The van der Waals surface area contributed by atoms with Crippen LogP contribution in [0.5, 0.6) is 5.75 Å². The van der Waals surface area contributed by atoms with Crippen LogP contribution in [-0.2, 0) is 52.8 Å². The molecule has 3 aliphatic heterocycles. The summed E-state index contributed by atoms with van der Waals surface area (Å²) < 4.78 is 114. The Morgan fingerprint density at radius 2 is 1.20 bits per heavy atom. The number of aromatic nitrogens is 6. The molecule has 21 heteroatoms. The topological polar surface area (TPSA) is 165 Å². The van der Waals surface area contributed by atoms with E-state index in [1.807, 2.05) is 44.2 Å². The van der Waals surface area contributed by atoms with Crippen LogP contribution < -0.4 is 14.5 Å². The average Bonchev–Trinajstić information content (AvgIpc) is 4.30. The van der Waals surface area contributed by atoms with E-state index in [1.54, 1.807) is 30.1 Å². The van der Waals surface area contributed by atoms with E-state index in [0.717, 1.165) is 72.6 Å². The molecule has 7 aromatic rings. The zero-order valence-corrected chi connectivity index (χ0v) is 43.1. The fraction of sp³-hybridized carbons (Fsp3) is 0.364. The Kier molecular flexibility index (Phi) is 16.5. The van der Waals surface area contributed by atoms with Gasteiger partial charge in [0.1, 0.15) is 65.5 Å². The fourth-order valence-electron chi connectivity index (χ4n) is 9.98. The lowest BCUT2D eigenvalue weighted by Crippen LogP contribution is -2.46. The Hall–Kier alpha value is -7.20. The minimum absolute atomic E-state index is 0.00325. The quantitative estimate of drug-likeness (QED) is 0.0484. The molecule has 0 saturated carbocycles. The Morgan fingerprint density at radius 3 is 1.70 bits per heavy atom. The van der Waals surface area contributed by atoms with Crippen molar-refractivity contribution in [1.82, 2.24) is 29.5 Å². The first kappa shape index (κ1) is 53.6. The van der Waals surface area contributed by atoms with Crippen LogP contribution >= 0.6 is 0 Å². The van der Waals surface area contributed by atoms with Crippen LogP contribution in [0.4, 0.5) is 28.9 Å². The van der Waals surface area contributed by atoms with E-state index < -0.39 is 44.6 Å². The van der Waals surface area contributed by atoms with Gasteiger partial charge < -0.3 is 28.7 Å². The lowest BCUT2D eigenvalue weighted by molar-refractivity contribution is -0.0209. The van der Waals surface area contributed by atoms with Gasteiger partial charge in [-0.05, 0) is 106 Å². The maximum absolute atomic E-state index is 15.0. The number of aryl methyl sites for hydroxylation is 2. The number of halogens is 4. The number of carbonyl (C=O) groups is 1. The summed E-state index contributed by atoms with van der Waals surface area (Å²) in [5.41, 5.74) is 3.06. The number of piperazine rings is 1. The molecular formula is C55H58F4N8O8S. The molecule has 0 bridgehead atoms. The molecular weight excluding hydrogens is 1010 g/mol. The van der Waals surface area contributed by atoms with Crippen molar-refractivity contribution < 1.29 is 53.9 Å². The first-order valence-corrected chi connectivity index (χ1v) is 26.3. The molecule has 0 N–H and O–H groups in total. The molecule has 5 aromatic carbocycles. The lowest BCUT2D eigenvalue weighted by Gasteiger charge is -2.37. The largest absolute Gasteiger partial charge is 0.493 e. The Balaban J connectivity index is 0.000000199. The third-order valence-electron chi connectivity index (χ3n) is 13.8. The molecule has 4 atom stereocenters. The molecule has 76 heavy (non-hydrogen) atoms. The van der Waals surface area contributed by atoms with E-state index in [4.69, 9.17) is 23.1 Å². The van der Waals surface area contributed by atoms with Gasteiger partial charge in [-0.3, -0.25) is 4.18 Å². The van der Waals surface area contributed by atoms with E-state index >= 15 is 0 Å². The van der Waals surface area contributed by atoms with E-state index in [2.05, 4.69) is 42.1 Å². The molecule has 400 valence electrons. The first-order chi connectivity index (χ1) is 36.6. The zero-order valence-electron chi connectivity index (χ0n) is 42.2. The second-order valence-corrected chi connectivity index (χ2v) is 20.9. The number of anilines is 2. The highest BCUT2D eigenvalue weighted by molar-refractivity contribution is 7.86. The van der Waals surface area contributed by atoms with Crippen molar-refractivity contribution in [3.8, 4) is 5.75 Å². The predicted molar refractivity (Wildman–Crippen MR) is 272 cm³/mol. The highest BCUT2D eigenvalue weighted by Crippen LogP contribution is 2.44. The van der Waals surface area contributed by atoms with Crippen molar-refractivity contribution in [3.05, 3.63) is 180 Å². The van der Waals surface area contributed by atoms with Crippen molar-refractivity contribution >= 4 is 27.5 Å². The molecule has 2 aromatic heterocycles. The SMILES string of the molecule is CCOC(=O)c1ccc(N2CCN(c3ccc(OC[C@@H]4CO[C@@](Cn5cncn5)(c5ccc(F)cc5F)C4)c(C)c3)CC2)cc1.Cc1ccc(S(=O)(=O)OC[C@@H]2CO[C@@](Cn3cncn3)(c3ccc(F)cc3F)C2)cc1. The smallest absolute Gasteiger partial charge is 0.338 e. The van der Waals surface area contributed by atoms with Gasteiger partial charge in [-0.25, -0.2) is 41.7 Å². The van der Waals surface area contributed by atoms with Crippen LogP contribution in [0.1, 0.15) is 52.4 Å². The predicted octanol–water partition coefficient (Wildman–Crippen LogP) is 8.58. The second-order valence-electron chi connectivity index (χ2n) is 19.2. The van der Waals surface area contributed by atoms with Crippen LogP contribution in [0.15, 0.2) is 133 Å². The van der Waals surface area contributed by atoms with Gasteiger partial charge in [0, 0.05) is 72.6 Å². The Labute approximate surface area is 438 Å². The van der Waals surface area contributed by atoms with E-state index in [-0.39, 0.29) is 61.0 Å². The third-order valence-corrected chi connectivity index (χ3v) is 15.1. The molecule has 0 unspecified atom stereocenters. The maximum Gasteiger partial charge on any atom is 0.338 e. The standard InChI is InChI=1S/C34H37F2N5O4.C21H21F2N3O4S/c1-3-43-33(42)26-4-7-28(8-5-26)39-12-14-40(15-13-39)29-9-11-32(24(2)16-29)44-19-25-18-34(45-20-25,21-41-23-37-22-38-41)30-10-6-27(35)17-31(30)36;1-15-2-5-18(6-3-15)31(27,28)30-11-16-9-21(29-10-16,12-26-14-24-13-25-26)19-7-4-17(22)8-20(19)23/h4-11,16-17,22-23,25H,3,12-15,18-21H2,1-2H3;2-8,13-14,16H,9-12H2,1H3/t25-,34+;16-,21-/m10/s1. The number of rotatable bonds is 17. The number of benzene rings is 5. The summed E-state index contributed by atoms with van der Waals surface area (Å²) in [7, 11) is -3.94. The summed E-state index contributed by atoms with van der Waals surface area (Å²) >= 11 is 0. The Bertz CT molecular complexity index is 3190. The van der Waals surface area contributed by atoms with Gasteiger partial charge >= 0.3 is 5.97 Å². The highest BCUT2D eigenvalue weighted by Gasteiger charge is 2.46. The van der Waals surface area contributed by atoms with Gasteiger partial charge in [0.2, 0.25) is 0 Å². The van der Waals surface area contributed by atoms with E-state index in [1.165, 1.54) is 54.0 Å². The lowest BCUT2D eigenvalue weighted by atomic mass is 9.87. The van der Waals surface area contributed by atoms with Gasteiger partial charge in [0.25, 0.3) is 10.1 Å². The fourth-order valence-corrected chi connectivity index (χ4v) is 11.0. The highest BCUT2D eigenvalue weighted by atomic mass is 32.2. The number of ether oxygens (including phenoxy) is 4. The molecule has 3 fully saturated rings. The number of hydrogen-bond donors (Lipinski definition) is 0. The third kappa shape index (κ3) is 12.6. The molecule has 3 aliphatic rings. The summed E-state index contributed by atoms with van der Waals surface area (Å²) in [6, 6.07) is 27.1. The summed E-state index contributed by atoms with van der Waals surface area (Å²) in [5, 5.41) is 8.24. The molecule has 0 aliphatic carbocycles. The summed E-state index contributed by atoms with van der Waals surface area (Å²) in [6.45, 7) is 10.7. The van der Waals surface area contributed by atoms with Crippen LogP contribution in [-0.4, -0.2) is 103 Å². The average molecular weight is 1070 g/mol. The minimum atomic E-state index is -3.94. The van der Waals surface area contributed by atoms with Gasteiger partial charge in [-0.15, -0.1) is 0 Å². The van der Waals surface area contributed by atoms with Crippen LogP contribution in [0, 0.1) is 49.0 Å². The van der Waals surface area contributed by atoms with Crippen molar-refractivity contribution in [3.63, 3.8) is 0 Å². The Morgan fingerprint density at radius 1 is 0.671 bits per heavy atom. The summed E-state index contributed by atoms with van der Waals surface area (Å²) in [4.78, 5) is 24.6. The number of hydrogen-bond acceptors (Lipinski definition) is 14. The monoisotopic (exact) mass is 1070 g/mol. The summed E-state index contributed by atoms with van der Waals surface area (Å²) in [5.74, 6) is -2.55. The van der Waals surface area contributed by atoms with Gasteiger partial charge in [-0.2, -0.15) is 18.6 Å². The van der Waals surface area contributed by atoms with Crippen molar-refractivity contribution in [2.24, 2.45) is 11.8 Å². The van der Waals surface area contributed by atoms with Crippen LogP contribution in [0.2, 0.25) is 0 Å². The van der Waals surface area contributed by atoms with Crippen molar-refractivity contribution in [2.45, 2.75) is 62.8 Å².